The Balaban J connectivity index is 3.16. The molecule has 0 aromatic heterocycles. The Morgan fingerprint density at radius 3 is 2.20 bits per heavy atom. The van der Waals surface area contributed by atoms with Crippen molar-refractivity contribution < 1.29 is 37.8 Å². The Morgan fingerprint density at radius 1 is 1.23 bits per heavy atom. The monoisotopic (exact) mass is 447 g/mol. The topological polar surface area (TPSA) is 109 Å². The van der Waals surface area contributed by atoms with E-state index in [1.54, 1.807) is 34.6 Å². The number of nitrogens with one attached hydrogen (secondary N) is 1. The summed E-state index contributed by atoms with van der Waals surface area (Å²) >= 11 is 0. The van der Waals surface area contributed by atoms with E-state index in [-0.39, 0.29) is 18.1 Å². The lowest BCUT2D eigenvalue weighted by Crippen LogP contribution is -2.55. The lowest BCUT2D eigenvalue weighted by atomic mass is 10.1. The summed E-state index contributed by atoms with van der Waals surface area (Å²) in [5.41, 5.74) is -0.680. The minimum absolute atomic E-state index is 0.0481. The van der Waals surface area contributed by atoms with E-state index in [0.29, 0.717) is 0 Å². The maximum Gasteiger partial charge on any atom is 0.407 e. The molecule has 1 aliphatic heterocycles. The van der Waals surface area contributed by atoms with Crippen LogP contribution in [0.25, 0.3) is 0 Å². The molecular formula is C20H37NO8Si. The van der Waals surface area contributed by atoms with Gasteiger partial charge in [0.05, 0.1) is 0 Å². The zero-order valence-corrected chi connectivity index (χ0v) is 20.8. The van der Waals surface area contributed by atoms with Crippen molar-refractivity contribution in [3.63, 3.8) is 0 Å². The lowest BCUT2D eigenvalue weighted by Gasteiger charge is -2.41. The van der Waals surface area contributed by atoms with Gasteiger partial charge in [-0.05, 0) is 38.9 Å². The van der Waals surface area contributed by atoms with Gasteiger partial charge in [0, 0.05) is 20.4 Å². The summed E-state index contributed by atoms with van der Waals surface area (Å²) in [6, 6.07) is 0. The summed E-state index contributed by atoms with van der Waals surface area (Å²) in [6.07, 6.45) is -3.79. The van der Waals surface area contributed by atoms with Crippen LogP contribution in [0.2, 0.25) is 18.1 Å². The summed E-state index contributed by atoms with van der Waals surface area (Å²) in [4.78, 5) is 35.8. The van der Waals surface area contributed by atoms with Gasteiger partial charge in [0.25, 0.3) is 6.47 Å². The van der Waals surface area contributed by atoms with E-state index in [9.17, 15) is 14.4 Å². The molecular weight excluding hydrogens is 410 g/mol. The van der Waals surface area contributed by atoms with Gasteiger partial charge in [0.15, 0.2) is 20.5 Å². The van der Waals surface area contributed by atoms with E-state index >= 15 is 0 Å². The Hall–Kier alpha value is -1.65. The minimum atomic E-state index is -2.38. The van der Waals surface area contributed by atoms with Crippen LogP contribution in [0, 0.1) is 0 Å². The predicted octanol–water partition coefficient (Wildman–Crippen LogP) is 3.12. The van der Waals surface area contributed by atoms with E-state index < -0.39 is 50.1 Å². The summed E-state index contributed by atoms with van der Waals surface area (Å²) in [6.45, 7) is 18.8. The lowest BCUT2D eigenvalue weighted by molar-refractivity contribution is -0.173. The molecule has 1 saturated heterocycles. The number of carbonyl (C=O) groups excluding carboxylic acids is 3. The van der Waals surface area contributed by atoms with Crippen LogP contribution in [0.4, 0.5) is 4.79 Å². The standard InChI is InChI=1S/C20H37NO8Si/c1-18(2,3)28-17(24)21-11-13(29-30(9,10)19(4,5)6)14(25-12-22)15-16(23)27-20(7,8)26-15/h12-15H,11H2,1-10H3,(H,21,24)/t13-,14-,15+/m1/s1. The van der Waals surface area contributed by atoms with Gasteiger partial charge < -0.3 is 28.7 Å². The van der Waals surface area contributed by atoms with Gasteiger partial charge in [-0.15, -0.1) is 0 Å². The molecule has 0 spiro atoms. The van der Waals surface area contributed by atoms with E-state index in [4.69, 9.17) is 23.4 Å². The van der Waals surface area contributed by atoms with Crippen LogP contribution < -0.4 is 5.32 Å². The molecule has 0 bridgehead atoms. The molecule has 174 valence electrons. The van der Waals surface area contributed by atoms with Crippen LogP contribution in [0.3, 0.4) is 0 Å². The first kappa shape index (κ1) is 26.4. The van der Waals surface area contributed by atoms with Crippen molar-refractivity contribution in [1.29, 1.82) is 0 Å². The van der Waals surface area contributed by atoms with Gasteiger partial charge in [-0.2, -0.15) is 0 Å². The third kappa shape index (κ3) is 7.55. The normalized spacial score (nSPS) is 21.4. The molecule has 0 unspecified atom stereocenters. The second kappa shape index (κ2) is 9.23. The smallest absolute Gasteiger partial charge is 0.407 e. The van der Waals surface area contributed by atoms with Gasteiger partial charge in [0.1, 0.15) is 11.7 Å². The molecule has 0 aliphatic carbocycles. The number of hydrogen-bond donors (Lipinski definition) is 1. The number of rotatable bonds is 8. The first-order valence-corrected chi connectivity index (χ1v) is 12.9. The van der Waals surface area contributed by atoms with Crippen LogP contribution in [0.5, 0.6) is 0 Å². The van der Waals surface area contributed by atoms with Crippen LogP contribution in [-0.4, -0.2) is 63.1 Å². The molecule has 1 amide bonds. The van der Waals surface area contributed by atoms with E-state index in [2.05, 4.69) is 26.1 Å². The summed E-state index contributed by atoms with van der Waals surface area (Å²) in [7, 11) is -2.38. The molecule has 1 rings (SSSR count). The maximum absolute atomic E-state index is 12.4. The Kier molecular flexibility index (Phi) is 8.12. The number of alkyl carbamates (subject to hydrolysis) is 1. The van der Waals surface area contributed by atoms with Crippen LogP contribution in [0.1, 0.15) is 55.4 Å². The number of hydrogen-bond acceptors (Lipinski definition) is 8. The van der Waals surface area contributed by atoms with E-state index in [0.717, 1.165) is 0 Å². The van der Waals surface area contributed by atoms with Crippen molar-refractivity contribution in [3.05, 3.63) is 0 Å². The highest BCUT2D eigenvalue weighted by molar-refractivity contribution is 6.74. The molecule has 1 N–H and O–H groups in total. The molecule has 1 heterocycles. The molecule has 0 aromatic carbocycles. The SMILES string of the molecule is CC(C)(C)OC(=O)NC[C@@H](O[Si](C)(C)C(C)(C)C)[C@@H](OC=O)[C@@H]1OC(C)(C)OC1=O. The van der Waals surface area contributed by atoms with Gasteiger partial charge in [-0.25, -0.2) is 9.59 Å². The van der Waals surface area contributed by atoms with Gasteiger partial charge in [0.2, 0.25) is 5.79 Å². The molecule has 0 radical (unpaired) electrons. The fraction of sp³-hybridized carbons (Fsp3) is 0.850. The van der Waals surface area contributed by atoms with Crippen molar-refractivity contribution in [1.82, 2.24) is 5.32 Å². The third-order valence-electron chi connectivity index (χ3n) is 4.97. The number of cyclic esters (lactones) is 1. The fourth-order valence-electron chi connectivity index (χ4n) is 2.58. The van der Waals surface area contributed by atoms with Crippen molar-refractivity contribution in [2.75, 3.05) is 6.54 Å². The average Bonchev–Trinajstić information content (AvgIpc) is 2.79. The molecule has 0 saturated carbocycles. The van der Waals surface area contributed by atoms with Crippen LogP contribution in [-0.2, 0) is 33.0 Å². The van der Waals surface area contributed by atoms with Crippen LogP contribution in [0.15, 0.2) is 0 Å². The van der Waals surface area contributed by atoms with Gasteiger partial charge in [-0.1, -0.05) is 20.8 Å². The fourth-order valence-corrected chi connectivity index (χ4v) is 3.90. The highest BCUT2D eigenvalue weighted by Gasteiger charge is 2.51. The highest BCUT2D eigenvalue weighted by Crippen LogP contribution is 2.38. The summed E-state index contributed by atoms with van der Waals surface area (Å²) in [5, 5.41) is 2.48. The zero-order chi connectivity index (χ0) is 23.5. The Morgan fingerprint density at radius 2 is 1.80 bits per heavy atom. The second-order valence-electron chi connectivity index (χ2n) is 10.4. The Labute approximate surface area is 180 Å². The van der Waals surface area contributed by atoms with E-state index in [1.807, 2.05) is 13.1 Å². The first-order chi connectivity index (χ1) is 13.4. The molecule has 3 atom stereocenters. The summed E-state index contributed by atoms with van der Waals surface area (Å²) in [5.74, 6) is -1.82. The number of ether oxygens (including phenoxy) is 4. The number of esters is 1. The molecule has 9 nitrogen and oxygen atoms in total. The molecule has 1 fully saturated rings. The molecule has 1 aliphatic rings. The van der Waals surface area contributed by atoms with Crippen molar-refractivity contribution in [3.8, 4) is 0 Å². The average molecular weight is 448 g/mol. The largest absolute Gasteiger partial charge is 0.458 e. The van der Waals surface area contributed by atoms with Gasteiger partial charge in [-0.3, -0.25) is 4.79 Å². The van der Waals surface area contributed by atoms with Gasteiger partial charge >= 0.3 is 12.1 Å². The highest BCUT2D eigenvalue weighted by atomic mass is 28.4. The quantitative estimate of drug-likeness (QED) is 0.262. The van der Waals surface area contributed by atoms with E-state index in [1.165, 1.54) is 0 Å². The maximum atomic E-state index is 12.4. The molecule has 30 heavy (non-hydrogen) atoms. The molecule has 10 heteroatoms. The predicted molar refractivity (Wildman–Crippen MR) is 112 cm³/mol. The molecule has 0 aromatic rings. The second-order valence-corrected chi connectivity index (χ2v) is 15.1. The first-order valence-electron chi connectivity index (χ1n) is 10.0. The van der Waals surface area contributed by atoms with Crippen molar-refractivity contribution >= 4 is 26.9 Å². The van der Waals surface area contributed by atoms with Crippen LogP contribution >= 0.6 is 0 Å². The Bertz CT molecular complexity index is 636. The number of amides is 1. The zero-order valence-electron chi connectivity index (χ0n) is 19.8. The minimum Gasteiger partial charge on any atom is -0.458 e. The number of carbonyl (C=O) groups is 3. The van der Waals surface area contributed by atoms with Crippen molar-refractivity contribution in [2.45, 2.75) is 103 Å². The third-order valence-corrected chi connectivity index (χ3v) is 9.47. The van der Waals surface area contributed by atoms with Crippen molar-refractivity contribution in [2.24, 2.45) is 0 Å². The summed E-state index contributed by atoms with van der Waals surface area (Å²) < 4.78 is 27.8.